The molecule has 6 nitrogen and oxygen atoms in total. The molecule has 0 spiro atoms. The number of nitrogens with zero attached hydrogens (tertiary/aromatic N) is 1. The predicted octanol–water partition coefficient (Wildman–Crippen LogP) is 4.64. The van der Waals surface area contributed by atoms with Gasteiger partial charge in [0.25, 0.3) is 5.91 Å². The average Bonchev–Trinajstić information content (AvgIpc) is 2.74. The highest BCUT2D eigenvalue weighted by atomic mass is 16.5. The largest absolute Gasteiger partial charge is 0.495 e. The van der Waals surface area contributed by atoms with Crippen molar-refractivity contribution in [2.45, 2.75) is 40.2 Å². The molecule has 2 aromatic carbocycles. The smallest absolute Gasteiger partial charge is 0.255 e. The molecule has 2 aromatic rings. The van der Waals surface area contributed by atoms with Crippen LogP contribution in [-0.4, -0.2) is 43.0 Å². The first-order chi connectivity index (χ1) is 14.3. The number of benzene rings is 2. The Morgan fingerprint density at radius 3 is 2.27 bits per heavy atom. The quantitative estimate of drug-likeness (QED) is 0.597. The third-order valence-corrected chi connectivity index (χ3v) is 5.36. The molecule has 0 bridgehead atoms. The molecule has 0 aromatic heterocycles. The van der Waals surface area contributed by atoms with E-state index in [1.807, 2.05) is 12.1 Å². The van der Waals surface area contributed by atoms with Crippen LogP contribution in [0.4, 0.5) is 11.4 Å². The van der Waals surface area contributed by atoms with Crippen LogP contribution in [0, 0.1) is 5.92 Å². The first kappa shape index (κ1) is 23.4. The van der Waals surface area contributed by atoms with Gasteiger partial charge in [0, 0.05) is 30.3 Å². The summed E-state index contributed by atoms with van der Waals surface area (Å²) in [4.78, 5) is 27.1. The lowest BCUT2D eigenvalue weighted by Crippen LogP contribution is -2.38. The van der Waals surface area contributed by atoms with Gasteiger partial charge in [0.15, 0.2) is 0 Å². The van der Waals surface area contributed by atoms with Crippen LogP contribution < -0.4 is 15.4 Å². The molecular weight excluding hydrogens is 378 g/mol. The van der Waals surface area contributed by atoms with E-state index < -0.39 is 0 Å². The van der Waals surface area contributed by atoms with Gasteiger partial charge < -0.3 is 20.3 Å². The van der Waals surface area contributed by atoms with Crippen molar-refractivity contribution in [1.82, 2.24) is 4.90 Å². The maximum Gasteiger partial charge on any atom is 0.255 e. The number of rotatable bonds is 10. The van der Waals surface area contributed by atoms with Crippen LogP contribution in [0.25, 0.3) is 0 Å². The molecule has 30 heavy (non-hydrogen) atoms. The highest BCUT2D eigenvalue weighted by molar-refractivity contribution is 6.05. The van der Waals surface area contributed by atoms with E-state index in [-0.39, 0.29) is 11.8 Å². The number of anilines is 2. The lowest BCUT2D eigenvalue weighted by Gasteiger charge is -2.30. The number of amides is 2. The van der Waals surface area contributed by atoms with Gasteiger partial charge in [-0.2, -0.15) is 0 Å². The molecule has 0 aliphatic rings. The number of nitrogens with one attached hydrogen (secondary N) is 2. The van der Waals surface area contributed by atoms with E-state index in [0.717, 1.165) is 13.1 Å². The Morgan fingerprint density at radius 2 is 1.67 bits per heavy atom. The summed E-state index contributed by atoms with van der Waals surface area (Å²) in [5.41, 5.74) is 1.79. The normalized spacial score (nSPS) is 12.0. The molecule has 0 saturated heterocycles. The maximum absolute atomic E-state index is 12.5. The molecule has 0 radical (unpaired) electrons. The maximum atomic E-state index is 12.5. The van der Waals surface area contributed by atoms with Crippen molar-refractivity contribution < 1.29 is 14.3 Å². The third-order valence-electron chi connectivity index (χ3n) is 5.36. The monoisotopic (exact) mass is 411 g/mol. The van der Waals surface area contributed by atoms with E-state index in [9.17, 15) is 9.59 Å². The number of carbonyl (C=O) groups excluding carboxylic acids is 2. The molecular formula is C24H33N3O3. The van der Waals surface area contributed by atoms with Crippen molar-refractivity contribution in [3.8, 4) is 5.75 Å². The molecule has 0 heterocycles. The van der Waals surface area contributed by atoms with E-state index in [0.29, 0.717) is 41.1 Å². The second-order valence-corrected chi connectivity index (χ2v) is 7.64. The first-order valence-electron chi connectivity index (χ1n) is 10.4. The SMILES string of the molecule is CCN(CCC(=O)Nc1ccc(C(=O)Nc2ccccc2OC)cc1)C(C)C(C)C. The van der Waals surface area contributed by atoms with Gasteiger partial charge in [-0.1, -0.05) is 32.9 Å². The summed E-state index contributed by atoms with van der Waals surface area (Å²) in [6.07, 6.45) is 0.431. The fourth-order valence-electron chi connectivity index (χ4n) is 3.19. The van der Waals surface area contributed by atoms with Crippen LogP contribution in [0.5, 0.6) is 5.75 Å². The Hall–Kier alpha value is -2.86. The van der Waals surface area contributed by atoms with Crippen LogP contribution >= 0.6 is 0 Å². The zero-order valence-corrected chi connectivity index (χ0v) is 18.6. The van der Waals surface area contributed by atoms with E-state index in [2.05, 4.69) is 43.2 Å². The van der Waals surface area contributed by atoms with Gasteiger partial charge in [0.2, 0.25) is 5.91 Å². The molecule has 0 saturated carbocycles. The molecule has 2 amide bonds. The van der Waals surface area contributed by atoms with Crippen molar-refractivity contribution in [2.75, 3.05) is 30.8 Å². The molecule has 2 N–H and O–H groups in total. The summed E-state index contributed by atoms with van der Waals surface area (Å²) in [5, 5.41) is 5.75. The first-order valence-corrected chi connectivity index (χ1v) is 10.4. The molecule has 0 aliphatic carbocycles. The minimum absolute atomic E-state index is 0.0318. The van der Waals surface area contributed by atoms with Gasteiger partial charge >= 0.3 is 0 Å². The summed E-state index contributed by atoms with van der Waals surface area (Å²) in [7, 11) is 1.56. The summed E-state index contributed by atoms with van der Waals surface area (Å²) >= 11 is 0. The highest BCUT2D eigenvalue weighted by Gasteiger charge is 2.16. The number of hydrogen-bond donors (Lipinski definition) is 2. The molecule has 162 valence electrons. The van der Waals surface area contributed by atoms with E-state index >= 15 is 0 Å². The summed E-state index contributed by atoms with van der Waals surface area (Å²) in [5.74, 6) is 0.875. The topological polar surface area (TPSA) is 70.7 Å². The van der Waals surface area contributed by atoms with Gasteiger partial charge in [-0.3, -0.25) is 9.59 Å². The van der Waals surface area contributed by atoms with Crippen molar-refractivity contribution in [2.24, 2.45) is 5.92 Å². The Balaban J connectivity index is 1.90. The van der Waals surface area contributed by atoms with Gasteiger partial charge in [-0.15, -0.1) is 0 Å². The Labute approximate surface area is 179 Å². The molecule has 0 aliphatic heterocycles. The van der Waals surface area contributed by atoms with Crippen LogP contribution in [0.15, 0.2) is 48.5 Å². The lowest BCUT2D eigenvalue weighted by molar-refractivity contribution is -0.116. The second kappa shape index (κ2) is 11.4. The van der Waals surface area contributed by atoms with Gasteiger partial charge in [0.1, 0.15) is 5.75 Å². The molecule has 2 rings (SSSR count). The van der Waals surface area contributed by atoms with Crippen LogP contribution in [0.2, 0.25) is 0 Å². The van der Waals surface area contributed by atoms with E-state index in [1.54, 1.807) is 43.5 Å². The van der Waals surface area contributed by atoms with Crippen molar-refractivity contribution >= 4 is 23.2 Å². The van der Waals surface area contributed by atoms with E-state index in [4.69, 9.17) is 4.74 Å². The average molecular weight is 412 g/mol. The number of ether oxygens (including phenoxy) is 1. The number of carbonyl (C=O) groups is 2. The van der Waals surface area contributed by atoms with Crippen molar-refractivity contribution in [3.05, 3.63) is 54.1 Å². The zero-order valence-electron chi connectivity index (χ0n) is 18.6. The van der Waals surface area contributed by atoms with Crippen molar-refractivity contribution in [3.63, 3.8) is 0 Å². The van der Waals surface area contributed by atoms with Crippen molar-refractivity contribution in [1.29, 1.82) is 0 Å². The third kappa shape index (κ3) is 6.59. The van der Waals surface area contributed by atoms with Crippen LogP contribution in [0.1, 0.15) is 44.5 Å². The molecule has 6 heteroatoms. The molecule has 0 fully saturated rings. The number of methoxy groups -OCH3 is 1. The summed E-state index contributed by atoms with van der Waals surface area (Å²) < 4.78 is 5.25. The summed E-state index contributed by atoms with van der Waals surface area (Å²) in [6, 6.07) is 14.5. The summed E-state index contributed by atoms with van der Waals surface area (Å²) in [6.45, 7) is 10.3. The predicted molar refractivity (Wildman–Crippen MR) is 122 cm³/mol. The Morgan fingerprint density at radius 1 is 1.00 bits per heavy atom. The Bertz CT molecular complexity index is 834. The van der Waals surface area contributed by atoms with Crippen LogP contribution in [0.3, 0.4) is 0 Å². The number of para-hydroxylation sites is 2. The minimum Gasteiger partial charge on any atom is -0.495 e. The fourth-order valence-corrected chi connectivity index (χ4v) is 3.19. The van der Waals surface area contributed by atoms with Gasteiger partial charge in [-0.25, -0.2) is 0 Å². The zero-order chi connectivity index (χ0) is 22.1. The minimum atomic E-state index is -0.237. The van der Waals surface area contributed by atoms with Gasteiger partial charge in [0.05, 0.1) is 12.8 Å². The second-order valence-electron chi connectivity index (χ2n) is 7.64. The van der Waals surface area contributed by atoms with Gasteiger partial charge in [-0.05, 0) is 55.8 Å². The molecule has 1 atom stereocenters. The Kier molecular flexibility index (Phi) is 8.87. The van der Waals surface area contributed by atoms with E-state index in [1.165, 1.54) is 0 Å². The standard InChI is InChI=1S/C24H33N3O3/c1-6-27(18(4)17(2)3)16-15-23(28)25-20-13-11-19(12-14-20)24(29)26-21-9-7-8-10-22(21)30-5/h7-14,17-18H,6,15-16H2,1-5H3,(H,25,28)(H,26,29). The highest BCUT2D eigenvalue weighted by Crippen LogP contribution is 2.24. The lowest BCUT2D eigenvalue weighted by atomic mass is 10.0. The van der Waals surface area contributed by atoms with Crippen LogP contribution in [-0.2, 0) is 4.79 Å². The molecule has 1 unspecified atom stereocenters. The number of hydrogen-bond acceptors (Lipinski definition) is 4. The fraction of sp³-hybridized carbons (Fsp3) is 0.417.